The molecule has 32 heteroatoms. The van der Waals surface area contributed by atoms with Gasteiger partial charge in [-0.3, -0.25) is 62.9 Å². The third-order valence-electron chi connectivity index (χ3n) is 14.7. The van der Waals surface area contributed by atoms with E-state index in [1.807, 2.05) is 0 Å². The number of hydrogen-bond acceptors (Lipinski definition) is 16. The van der Waals surface area contributed by atoms with E-state index in [4.69, 9.17) is 26.8 Å². The Labute approximate surface area is 523 Å². The van der Waals surface area contributed by atoms with Crippen LogP contribution in [0.3, 0.4) is 0 Å². The highest BCUT2D eigenvalue weighted by atomic mass is 16.4. The van der Waals surface area contributed by atoms with Gasteiger partial charge < -0.3 is 94.8 Å². The maximum Gasteiger partial charge on any atom is 0.300 e. The van der Waals surface area contributed by atoms with E-state index in [1.54, 1.807) is 44.3 Å². The average Bonchev–Trinajstić information content (AvgIpc) is 2.08. The molecule has 20 N–H and O–H groups in total. The van der Waals surface area contributed by atoms with Crippen molar-refractivity contribution in [3.63, 3.8) is 0 Å². The van der Waals surface area contributed by atoms with Gasteiger partial charge in [0.15, 0.2) is 5.96 Å². The van der Waals surface area contributed by atoms with Crippen LogP contribution < -0.4 is 64.6 Å². The molecule has 0 aliphatic carbocycles. The Morgan fingerprint density at radius 3 is 1.98 bits per heavy atom. The Bertz CT molecular complexity index is 3240. The number of para-hydroxylation sites is 1. The van der Waals surface area contributed by atoms with Crippen molar-refractivity contribution < 1.29 is 72.9 Å². The number of nitrogens with two attached hydrogens (primary N) is 2. The van der Waals surface area contributed by atoms with Crippen LogP contribution in [0.2, 0.25) is 0 Å². The van der Waals surface area contributed by atoms with Crippen LogP contribution in [0, 0.1) is 11.3 Å². The SMILES string of the molecule is CC(=O)O.CC(C)C[C@H](NC(=O)C(C)(C)NC(=O)[C@H](Cc1ccc(O)cc1)NC(=O)[C@H](CO)NC(=O)[C@H](Cc1c[nH]c2ccccc12)NC(=O)[C@H](Cc1c[nH]cn1)NC(=O)C1CCC(=O)N1)C(=O)N[C@@H](CCCNC(=N)N)C(=O)N1CCC[C@H]1C(=O)NCC(N)=O. The van der Waals surface area contributed by atoms with Crippen molar-refractivity contribution in [3.8, 4) is 5.75 Å². The largest absolute Gasteiger partial charge is 0.508 e. The van der Waals surface area contributed by atoms with Gasteiger partial charge in [0.05, 0.1) is 25.2 Å². The molecule has 0 spiro atoms. The summed E-state index contributed by atoms with van der Waals surface area (Å²) >= 11 is 0. The number of aliphatic carboxylic acids is 1. The molecule has 11 amide bonds. The van der Waals surface area contributed by atoms with Crippen molar-refractivity contribution >= 4 is 87.8 Å². The maximum absolute atomic E-state index is 14.5. The number of carbonyl (C=O) groups excluding carboxylic acids is 11. The molecule has 2 saturated heterocycles. The number of aromatic amines is 2. The second kappa shape index (κ2) is 34.0. The molecule has 6 rings (SSSR count). The van der Waals surface area contributed by atoms with Gasteiger partial charge in [0, 0.05) is 69.0 Å². The van der Waals surface area contributed by atoms with E-state index in [1.165, 1.54) is 55.5 Å². The van der Waals surface area contributed by atoms with Gasteiger partial charge in [-0.1, -0.05) is 44.2 Å². The minimum absolute atomic E-state index is 0.0105. The third-order valence-corrected chi connectivity index (χ3v) is 14.7. The normalized spacial score (nSPS) is 16.4. The lowest BCUT2D eigenvalue weighted by atomic mass is 9.98. The molecule has 2 aromatic carbocycles. The zero-order valence-corrected chi connectivity index (χ0v) is 51.2. The molecule has 1 unspecified atom stereocenters. The van der Waals surface area contributed by atoms with Crippen molar-refractivity contribution in [3.05, 3.63) is 84.1 Å². The number of phenolic OH excluding ortho intramolecular Hbond substituents is 1. The lowest BCUT2D eigenvalue weighted by molar-refractivity contribution is -0.142. The van der Waals surface area contributed by atoms with Gasteiger partial charge >= 0.3 is 0 Å². The molecule has 2 aliphatic heterocycles. The number of nitrogens with one attached hydrogen (secondary N) is 13. The van der Waals surface area contributed by atoms with E-state index < -0.39 is 132 Å². The van der Waals surface area contributed by atoms with Gasteiger partial charge in [-0.25, -0.2) is 4.98 Å². The highest BCUT2D eigenvalue weighted by Gasteiger charge is 2.41. The Morgan fingerprint density at radius 2 is 1.37 bits per heavy atom. The van der Waals surface area contributed by atoms with Gasteiger partial charge in [-0.05, 0) is 87.6 Å². The second-order valence-electron chi connectivity index (χ2n) is 23.0. The average molecular weight is 1270 g/mol. The number of primary amides is 1. The van der Waals surface area contributed by atoms with Crippen LogP contribution in [-0.2, 0) is 76.8 Å². The zero-order chi connectivity index (χ0) is 67.1. The fourth-order valence-electron chi connectivity index (χ4n) is 10.1. The number of aromatic nitrogens is 3. The Hall–Kier alpha value is -10.1. The van der Waals surface area contributed by atoms with Crippen LogP contribution in [0.1, 0.15) is 96.4 Å². The van der Waals surface area contributed by atoms with Crippen LogP contribution in [0.15, 0.2) is 67.3 Å². The fraction of sp³-hybridized carbons (Fsp3) is 0.492. The summed E-state index contributed by atoms with van der Waals surface area (Å²) in [5, 5.41) is 62.6. The molecule has 2 aliphatic rings. The van der Waals surface area contributed by atoms with E-state index >= 15 is 0 Å². The summed E-state index contributed by atoms with van der Waals surface area (Å²) < 4.78 is 0. The first kappa shape index (κ1) is 71.6. The number of phenols is 1. The molecule has 2 aromatic heterocycles. The predicted molar refractivity (Wildman–Crippen MR) is 327 cm³/mol. The molecular weight excluding hydrogens is 1190 g/mol. The number of benzene rings is 2. The van der Waals surface area contributed by atoms with Crippen molar-refractivity contribution in [1.82, 2.24) is 73.0 Å². The molecular formula is C59H83N17O15. The number of fused-ring (bicyclic) bond motifs is 1. The van der Waals surface area contributed by atoms with Crippen molar-refractivity contribution in [1.29, 1.82) is 5.41 Å². The van der Waals surface area contributed by atoms with Gasteiger partial charge in [0.2, 0.25) is 65.0 Å². The topological polar surface area (TPSA) is 509 Å². The lowest BCUT2D eigenvalue weighted by Crippen LogP contribution is -2.64. The minimum Gasteiger partial charge on any atom is -0.508 e. The number of aliphatic hydroxyl groups is 1. The summed E-state index contributed by atoms with van der Waals surface area (Å²) in [7, 11) is 0. The Morgan fingerprint density at radius 1 is 0.758 bits per heavy atom. The van der Waals surface area contributed by atoms with E-state index in [0.717, 1.165) is 6.92 Å². The molecule has 0 radical (unpaired) electrons. The molecule has 8 atom stereocenters. The molecule has 2 fully saturated rings. The van der Waals surface area contributed by atoms with Crippen LogP contribution in [0.5, 0.6) is 5.75 Å². The number of likely N-dealkylation sites (tertiary alicyclic amines) is 1. The highest BCUT2D eigenvalue weighted by Crippen LogP contribution is 2.22. The first-order valence-corrected chi connectivity index (χ1v) is 29.5. The van der Waals surface area contributed by atoms with Crippen LogP contribution >= 0.6 is 0 Å². The van der Waals surface area contributed by atoms with Gasteiger partial charge in [-0.2, -0.15) is 0 Å². The highest BCUT2D eigenvalue weighted by molar-refractivity contribution is 6.00. The van der Waals surface area contributed by atoms with E-state index in [9.17, 15) is 63.0 Å². The van der Waals surface area contributed by atoms with E-state index in [0.29, 0.717) is 34.1 Å². The molecule has 0 bridgehead atoms. The molecule has 4 aromatic rings. The lowest BCUT2D eigenvalue weighted by Gasteiger charge is -2.32. The van der Waals surface area contributed by atoms with Crippen molar-refractivity contribution in [2.45, 2.75) is 153 Å². The van der Waals surface area contributed by atoms with Gasteiger partial charge in [0.25, 0.3) is 5.97 Å². The smallest absolute Gasteiger partial charge is 0.300 e. The minimum atomic E-state index is -1.85. The van der Waals surface area contributed by atoms with Crippen LogP contribution in [0.25, 0.3) is 10.9 Å². The molecule has 32 nitrogen and oxygen atoms in total. The summed E-state index contributed by atoms with van der Waals surface area (Å²) in [5.41, 5.74) is 10.9. The number of nitrogens with zero attached hydrogens (tertiary/aromatic N) is 2. The monoisotopic (exact) mass is 1270 g/mol. The van der Waals surface area contributed by atoms with Crippen LogP contribution in [0.4, 0.5) is 0 Å². The number of amides is 11. The fourth-order valence-corrected chi connectivity index (χ4v) is 10.1. The summed E-state index contributed by atoms with van der Waals surface area (Å²) in [5.74, 6) is -9.94. The summed E-state index contributed by atoms with van der Waals surface area (Å²) in [6, 6.07) is 2.22. The number of carboxylic acids is 1. The molecule has 91 heavy (non-hydrogen) atoms. The summed E-state index contributed by atoms with van der Waals surface area (Å²) in [4.78, 5) is 171. The molecule has 0 saturated carbocycles. The number of guanidine groups is 1. The predicted octanol–water partition coefficient (Wildman–Crippen LogP) is -3.31. The molecule has 494 valence electrons. The first-order valence-electron chi connectivity index (χ1n) is 29.5. The Balaban J connectivity index is 0.00000365. The van der Waals surface area contributed by atoms with E-state index in [-0.39, 0.29) is 94.4 Å². The number of aromatic hydroxyl groups is 1. The van der Waals surface area contributed by atoms with Crippen molar-refractivity contribution in [2.24, 2.45) is 17.4 Å². The number of hydrogen-bond donors (Lipinski definition) is 18. The summed E-state index contributed by atoms with van der Waals surface area (Å²) in [6.45, 7) is 6.17. The number of aliphatic hydroxyl groups excluding tert-OH is 1. The van der Waals surface area contributed by atoms with Crippen molar-refractivity contribution in [2.75, 3.05) is 26.2 Å². The second-order valence-corrected chi connectivity index (χ2v) is 23.0. The maximum atomic E-state index is 14.5. The number of carbonyl (C=O) groups is 12. The number of carboxylic acid groups (broad SMARTS) is 1. The van der Waals surface area contributed by atoms with Gasteiger partial charge in [-0.15, -0.1) is 0 Å². The van der Waals surface area contributed by atoms with Gasteiger partial charge in [0.1, 0.15) is 59.6 Å². The zero-order valence-electron chi connectivity index (χ0n) is 51.2. The van der Waals surface area contributed by atoms with E-state index in [2.05, 4.69) is 68.1 Å². The Kier molecular flexibility index (Phi) is 26.8. The quantitative estimate of drug-likeness (QED) is 0.0133. The standard InChI is InChI=1S/C57H79N17O13.C2H4O2/c1-30(2)21-39(48(80)67-38(11-7-19-62-56(59)60)54(86)74-20-8-12-44(74)53(85)64-27-45(58)77)72-55(87)57(3,4)73-52(84)40(22-31-13-15-34(76)16-14-31)68-51(83)43(28-75)71-49(81)41(23-32-25-63-36-10-6-5-9-35(32)36)69-50(82)42(24-33-26-61-29-65-33)70-47(79)37-17-18-46(78)66-37;1-2(3)4/h5-6,9-10,13-16,25-26,29-30,37-44,63,75-76H,7-8,11-12,17-24,27-28H2,1-4H3,(H2,58,77)(H,61,65)(H,64,85)(H,66,78)(H,67,80)(H,68,83)(H,69,82)(H,70,79)(H,71,81)(H,72,87)(H,73,84)(H4,59,60,62);1H3,(H,3,4)/t37?,38-,39-,40-,41-,42-,43-,44-;/m0./s1. The van der Waals surface area contributed by atoms with Crippen LogP contribution in [-0.4, -0.2) is 192 Å². The third kappa shape index (κ3) is 22.4. The number of rotatable bonds is 31. The number of imidazole rings is 1. The molecule has 4 heterocycles. The first-order chi connectivity index (χ1) is 43.0. The summed E-state index contributed by atoms with van der Waals surface area (Å²) in [6.07, 6.45) is 5.22. The number of H-pyrrole nitrogens is 2.